The van der Waals surface area contributed by atoms with E-state index in [1.807, 2.05) is 36.4 Å². The second kappa shape index (κ2) is 7.09. The van der Waals surface area contributed by atoms with Gasteiger partial charge >= 0.3 is 0 Å². The number of aromatic nitrogens is 1. The van der Waals surface area contributed by atoms with E-state index in [1.165, 1.54) is 0 Å². The highest BCUT2D eigenvalue weighted by molar-refractivity contribution is 6.33. The summed E-state index contributed by atoms with van der Waals surface area (Å²) in [4.78, 5) is 8.59. The summed E-state index contributed by atoms with van der Waals surface area (Å²) in [5.74, 6) is 0. The first-order chi connectivity index (χ1) is 10.7. The van der Waals surface area contributed by atoms with Crippen molar-refractivity contribution in [1.82, 2.24) is 9.88 Å². The van der Waals surface area contributed by atoms with Crippen LogP contribution in [0.5, 0.6) is 0 Å². The highest BCUT2D eigenvalue weighted by atomic mass is 35.5. The quantitative estimate of drug-likeness (QED) is 0.941. The van der Waals surface area contributed by atoms with Crippen molar-refractivity contribution in [2.45, 2.75) is 6.10 Å². The van der Waals surface area contributed by atoms with E-state index in [4.69, 9.17) is 11.6 Å². The lowest BCUT2D eigenvalue weighted by atomic mass is 10.1. The number of rotatable bonds is 4. The summed E-state index contributed by atoms with van der Waals surface area (Å²) < 4.78 is 0. The van der Waals surface area contributed by atoms with E-state index in [1.54, 1.807) is 12.4 Å². The molecule has 0 aliphatic carbocycles. The third kappa shape index (κ3) is 3.58. The molecule has 2 aromatic rings. The van der Waals surface area contributed by atoms with Crippen LogP contribution in [-0.2, 0) is 0 Å². The molecule has 0 amide bonds. The van der Waals surface area contributed by atoms with Crippen LogP contribution in [0.3, 0.4) is 0 Å². The first-order valence-electron chi connectivity index (χ1n) is 7.54. The summed E-state index contributed by atoms with van der Waals surface area (Å²) in [6.07, 6.45) is 3.02. The second-order valence-corrected chi connectivity index (χ2v) is 5.95. The molecule has 1 aromatic carbocycles. The monoisotopic (exact) mass is 317 g/mol. The van der Waals surface area contributed by atoms with Crippen LogP contribution >= 0.6 is 11.6 Å². The fourth-order valence-electron chi connectivity index (χ4n) is 2.82. The van der Waals surface area contributed by atoms with Gasteiger partial charge in [0.05, 0.1) is 16.8 Å². The normalized spacial score (nSPS) is 17.5. The first kappa shape index (κ1) is 15.3. The van der Waals surface area contributed by atoms with E-state index in [2.05, 4.69) is 14.8 Å². The topological polar surface area (TPSA) is 39.6 Å². The standard InChI is InChI=1S/C17H20ClN3O/c18-15-12-19-7-6-16(15)21-10-8-20(9-11-21)13-17(22)14-4-2-1-3-5-14/h1-7,12,17,22H,8-11,13H2. The third-order valence-corrected chi connectivity index (χ3v) is 4.37. The zero-order valence-electron chi connectivity index (χ0n) is 12.4. The average Bonchev–Trinajstić information content (AvgIpc) is 2.57. The lowest BCUT2D eigenvalue weighted by Crippen LogP contribution is -2.47. The highest BCUT2D eigenvalue weighted by Gasteiger charge is 2.21. The number of anilines is 1. The lowest BCUT2D eigenvalue weighted by Gasteiger charge is -2.37. The fraction of sp³-hybridized carbons (Fsp3) is 0.353. The Balaban J connectivity index is 1.55. The molecule has 1 aliphatic rings. The zero-order chi connectivity index (χ0) is 15.4. The van der Waals surface area contributed by atoms with Gasteiger partial charge in [-0.15, -0.1) is 0 Å². The Hall–Kier alpha value is -1.62. The van der Waals surface area contributed by atoms with Crippen LogP contribution in [0, 0.1) is 0 Å². The maximum atomic E-state index is 10.3. The Morgan fingerprint density at radius 1 is 1.09 bits per heavy atom. The first-order valence-corrected chi connectivity index (χ1v) is 7.91. The van der Waals surface area contributed by atoms with Crippen LogP contribution in [0.25, 0.3) is 0 Å². The molecule has 1 N–H and O–H groups in total. The minimum atomic E-state index is -0.433. The van der Waals surface area contributed by atoms with Crippen LogP contribution in [0.15, 0.2) is 48.8 Å². The number of β-amino-alcohol motifs (C(OH)–C–C–N with tert-alkyl or cyclic N) is 1. The predicted octanol–water partition coefficient (Wildman–Crippen LogP) is 2.59. The third-order valence-electron chi connectivity index (χ3n) is 4.08. The van der Waals surface area contributed by atoms with Gasteiger partial charge in [0.2, 0.25) is 0 Å². The number of aliphatic hydroxyl groups excluding tert-OH is 1. The molecule has 1 fully saturated rings. The number of nitrogens with zero attached hydrogens (tertiary/aromatic N) is 3. The van der Waals surface area contributed by atoms with Crippen molar-refractivity contribution in [3.63, 3.8) is 0 Å². The minimum Gasteiger partial charge on any atom is -0.387 e. The number of halogens is 1. The van der Waals surface area contributed by atoms with Crippen molar-refractivity contribution in [2.24, 2.45) is 0 Å². The molecule has 0 spiro atoms. The Bertz CT molecular complexity index is 600. The van der Waals surface area contributed by atoms with Crippen molar-refractivity contribution < 1.29 is 5.11 Å². The van der Waals surface area contributed by atoms with Crippen molar-refractivity contribution in [3.8, 4) is 0 Å². The van der Waals surface area contributed by atoms with Crippen LogP contribution in [0.4, 0.5) is 5.69 Å². The molecule has 1 aromatic heterocycles. The number of aliphatic hydroxyl groups is 1. The zero-order valence-corrected chi connectivity index (χ0v) is 13.2. The van der Waals surface area contributed by atoms with Crippen molar-refractivity contribution >= 4 is 17.3 Å². The van der Waals surface area contributed by atoms with Crippen molar-refractivity contribution in [3.05, 3.63) is 59.4 Å². The molecule has 0 bridgehead atoms. The predicted molar refractivity (Wildman–Crippen MR) is 89.3 cm³/mol. The molecule has 5 heteroatoms. The van der Waals surface area contributed by atoms with Crippen LogP contribution in [-0.4, -0.2) is 47.7 Å². The van der Waals surface area contributed by atoms with E-state index in [9.17, 15) is 5.11 Å². The molecular weight excluding hydrogens is 298 g/mol. The smallest absolute Gasteiger partial charge is 0.0916 e. The molecule has 1 unspecified atom stereocenters. The maximum absolute atomic E-state index is 10.3. The van der Waals surface area contributed by atoms with Crippen LogP contribution in [0.1, 0.15) is 11.7 Å². The van der Waals surface area contributed by atoms with Gasteiger partial charge in [0.15, 0.2) is 0 Å². The van der Waals surface area contributed by atoms with Gasteiger partial charge in [0, 0.05) is 45.1 Å². The molecule has 22 heavy (non-hydrogen) atoms. The van der Waals surface area contributed by atoms with E-state index in [-0.39, 0.29) is 0 Å². The van der Waals surface area contributed by atoms with Crippen LogP contribution in [0.2, 0.25) is 5.02 Å². The van der Waals surface area contributed by atoms with Gasteiger partial charge in [0.1, 0.15) is 0 Å². The summed E-state index contributed by atoms with van der Waals surface area (Å²) in [5, 5.41) is 11.0. The van der Waals surface area contributed by atoms with Gasteiger partial charge in [-0.1, -0.05) is 41.9 Å². The Morgan fingerprint density at radius 2 is 1.82 bits per heavy atom. The summed E-state index contributed by atoms with van der Waals surface area (Å²) in [5.41, 5.74) is 2.02. The Kier molecular flexibility index (Phi) is 4.93. The summed E-state index contributed by atoms with van der Waals surface area (Å²) >= 11 is 6.20. The number of hydrogen-bond acceptors (Lipinski definition) is 4. The van der Waals surface area contributed by atoms with Crippen molar-refractivity contribution in [2.75, 3.05) is 37.6 Å². The largest absolute Gasteiger partial charge is 0.387 e. The lowest BCUT2D eigenvalue weighted by molar-refractivity contribution is 0.109. The minimum absolute atomic E-state index is 0.433. The molecule has 1 aliphatic heterocycles. The Morgan fingerprint density at radius 3 is 2.50 bits per heavy atom. The molecule has 2 heterocycles. The highest BCUT2D eigenvalue weighted by Crippen LogP contribution is 2.25. The van der Waals surface area contributed by atoms with Gasteiger partial charge in [-0.05, 0) is 11.6 Å². The van der Waals surface area contributed by atoms with Gasteiger partial charge < -0.3 is 10.0 Å². The average molecular weight is 318 g/mol. The van der Waals surface area contributed by atoms with E-state index in [0.29, 0.717) is 11.6 Å². The van der Waals surface area contributed by atoms with Crippen LogP contribution < -0.4 is 4.90 Å². The fourth-order valence-corrected chi connectivity index (χ4v) is 3.06. The van der Waals surface area contributed by atoms with Gasteiger partial charge in [-0.3, -0.25) is 9.88 Å². The number of piperazine rings is 1. The second-order valence-electron chi connectivity index (χ2n) is 5.54. The Labute approximate surface area is 136 Å². The molecule has 4 nitrogen and oxygen atoms in total. The molecule has 1 atom stereocenters. The molecular formula is C17H20ClN3O. The summed E-state index contributed by atoms with van der Waals surface area (Å²) in [6.45, 7) is 4.32. The van der Waals surface area contributed by atoms with E-state index >= 15 is 0 Å². The number of pyridine rings is 1. The molecule has 1 saturated heterocycles. The molecule has 3 rings (SSSR count). The van der Waals surface area contributed by atoms with Gasteiger partial charge in [0.25, 0.3) is 0 Å². The van der Waals surface area contributed by atoms with E-state index < -0.39 is 6.10 Å². The molecule has 0 saturated carbocycles. The van der Waals surface area contributed by atoms with Crippen molar-refractivity contribution in [1.29, 1.82) is 0 Å². The SMILES string of the molecule is OC(CN1CCN(c2ccncc2Cl)CC1)c1ccccc1. The molecule has 116 valence electrons. The summed E-state index contributed by atoms with van der Waals surface area (Å²) in [6, 6.07) is 11.8. The van der Waals surface area contributed by atoms with Gasteiger partial charge in [-0.2, -0.15) is 0 Å². The number of benzene rings is 1. The molecule has 0 radical (unpaired) electrons. The van der Waals surface area contributed by atoms with E-state index in [0.717, 1.165) is 37.4 Å². The van der Waals surface area contributed by atoms with Gasteiger partial charge in [-0.25, -0.2) is 0 Å². The number of hydrogen-bond donors (Lipinski definition) is 1. The summed E-state index contributed by atoms with van der Waals surface area (Å²) in [7, 11) is 0. The maximum Gasteiger partial charge on any atom is 0.0916 e.